The highest BCUT2D eigenvalue weighted by Gasteiger charge is 2.22. The van der Waals surface area contributed by atoms with Gasteiger partial charge in [0.1, 0.15) is 11.5 Å². The van der Waals surface area contributed by atoms with Crippen molar-refractivity contribution in [3.63, 3.8) is 0 Å². The monoisotopic (exact) mass is 455 g/mol. The Hall–Kier alpha value is -2.71. The van der Waals surface area contributed by atoms with Crippen LogP contribution in [0.3, 0.4) is 0 Å². The zero-order valence-corrected chi connectivity index (χ0v) is 20.4. The number of anilines is 1. The Morgan fingerprint density at radius 2 is 1.78 bits per heavy atom. The number of rotatable bonds is 8. The fraction of sp³-hybridized carbons (Fsp3) is 0.417. The Morgan fingerprint density at radius 1 is 1.06 bits per heavy atom. The van der Waals surface area contributed by atoms with Gasteiger partial charge in [0.05, 0.1) is 11.3 Å². The number of hydrogen-bond donors (Lipinski definition) is 3. The highest BCUT2D eigenvalue weighted by Crippen LogP contribution is 2.39. The maximum atomic E-state index is 10.6. The third-order valence-electron chi connectivity index (χ3n) is 5.50. The number of benzene rings is 2. The number of aryl methyl sites for hydroxylation is 1. The van der Waals surface area contributed by atoms with Gasteiger partial charge < -0.3 is 15.1 Å². The minimum atomic E-state index is -0.0588. The molecular formula is C24H33N5O2S. The molecular weight excluding hydrogens is 422 g/mol. The molecule has 0 amide bonds. The molecule has 0 aliphatic rings. The Balaban J connectivity index is 2.21. The van der Waals surface area contributed by atoms with Gasteiger partial charge in [-0.1, -0.05) is 40.7 Å². The van der Waals surface area contributed by atoms with E-state index in [1.54, 1.807) is 6.07 Å². The molecule has 0 unspecified atom stereocenters. The molecule has 7 nitrogen and oxygen atoms in total. The highest BCUT2D eigenvalue weighted by atomic mass is 32.2. The van der Waals surface area contributed by atoms with Crippen molar-refractivity contribution in [3.05, 3.63) is 41.5 Å². The number of aromatic hydroxyl groups is 2. The minimum Gasteiger partial charge on any atom is -0.508 e. The molecule has 0 spiro atoms. The number of phenolic OH excluding ortho intramolecular Hbond substituents is 2. The number of phenols is 2. The topological polar surface area (TPSA) is 100 Å². The maximum Gasteiger partial charge on any atom is 0.210 e. The third kappa shape index (κ3) is 4.71. The zero-order valence-electron chi connectivity index (χ0n) is 19.6. The number of nitrogens with zero attached hydrogens (tertiary/aromatic N) is 4. The number of aromatic nitrogens is 3. The first-order valence-corrected chi connectivity index (χ1v) is 11.8. The molecule has 32 heavy (non-hydrogen) atoms. The second-order valence-corrected chi connectivity index (χ2v) is 9.38. The van der Waals surface area contributed by atoms with Gasteiger partial charge in [-0.2, -0.15) is 0 Å². The summed E-state index contributed by atoms with van der Waals surface area (Å²) in [4.78, 5) is 2.27. The normalized spacial score (nSPS) is 11.5. The van der Waals surface area contributed by atoms with Crippen molar-refractivity contribution >= 4 is 17.6 Å². The maximum absolute atomic E-state index is 10.6. The SMILES string of the molecule is CCc1ccc(-n2c(SN)nnc2-c2cc(C(C)C)c(O)cc2O)cc1N(C)CC(C)C. The molecule has 0 saturated carbocycles. The van der Waals surface area contributed by atoms with Crippen LogP contribution < -0.4 is 10.0 Å². The van der Waals surface area contributed by atoms with E-state index in [0.717, 1.165) is 41.9 Å². The van der Waals surface area contributed by atoms with Crippen LogP contribution in [-0.2, 0) is 6.42 Å². The van der Waals surface area contributed by atoms with Crippen LogP contribution in [0.1, 0.15) is 51.7 Å². The average molecular weight is 456 g/mol. The van der Waals surface area contributed by atoms with Crippen molar-refractivity contribution in [2.24, 2.45) is 11.1 Å². The van der Waals surface area contributed by atoms with Gasteiger partial charge in [0.2, 0.25) is 5.16 Å². The summed E-state index contributed by atoms with van der Waals surface area (Å²) in [6, 6.07) is 9.40. The van der Waals surface area contributed by atoms with Gasteiger partial charge in [0.25, 0.3) is 0 Å². The van der Waals surface area contributed by atoms with Crippen molar-refractivity contribution in [2.45, 2.75) is 52.1 Å². The van der Waals surface area contributed by atoms with Gasteiger partial charge in [0.15, 0.2) is 5.82 Å². The van der Waals surface area contributed by atoms with E-state index in [1.807, 2.05) is 24.5 Å². The largest absolute Gasteiger partial charge is 0.508 e. The van der Waals surface area contributed by atoms with Crippen molar-refractivity contribution < 1.29 is 10.2 Å². The Kier molecular flexibility index (Phi) is 7.36. The lowest BCUT2D eigenvalue weighted by atomic mass is 9.98. The van der Waals surface area contributed by atoms with Crippen molar-refractivity contribution in [1.82, 2.24) is 14.8 Å². The minimum absolute atomic E-state index is 0.0588. The summed E-state index contributed by atoms with van der Waals surface area (Å²) < 4.78 is 1.85. The summed E-state index contributed by atoms with van der Waals surface area (Å²) >= 11 is 1.00. The summed E-state index contributed by atoms with van der Waals surface area (Å²) in [6.45, 7) is 11.5. The van der Waals surface area contributed by atoms with Crippen molar-refractivity contribution in [3.8, 4) is 28.6 Å². The molecule has 0 aliphatic carbocycles. The Morgan fingerprint density at radius 3 is 2.38 bits per heavy atom. The fourth-order valence-corrected chi connectivity index (χ4v) is 4.37. The average Bonchev–Trinajstić information content (AvgIpc) is 3.16. The third-order valence-corrected chi connectivity index (χ3v) is 5.98. The summed E-state index contributed by atoms with van der Waals surface area (Å²) in [5.74, 6) is 1.08. The predicted octanol–water partition coefficient (Wildman–Crippen LogP) is 5.09. The molecule has 0 saturated heterocycles. The summed E-state index contributed by atoms with van der Waals surface area (Å²) in [5.41, 5.74) is 4.48. The summed E-state index contributed by atoms with van der Waals surface area (Å²) in [5, 5.41) is 35.9. The Bertz CT molecular complexity index is 1090. The second-order valence-electron chi connectivity index (χ2n) is 8.78. The molecule has 1 heterocycles. The van der Waals surface area contributed by atoms with E-state index in [9.17, 15) is 10.2 Å². The van der Waals surface area contributed by atoms with Crippen LogP contribution in [0.25, 0.3) is 17.1 Å². The van der Waals surface area contributed by atoms with Crippen LogP contribution in [-0.4, -0.2) is 38.6 Å². The second kappa shape index (κ2) is 9.83. The van der Waals surface area contributed by atoms with E-state index in [0.29, 0.717) is 22.5 Å². The van der Waals surface area contributed by atoms with Gasteiger partial charge in [-0.05, 0) is 59.5 Å². The van der Waals surface area contributed by atoms with E-state index in [2.05, 4.69) is 55.0 Å². The lowest BCUT2D eigenvalue weighted by Gasteiger charge is -2.25. The van der Waals surface area contributed by atoms with Crippen molar-refractivity contribution in [2.75, 3.05) is 18.5 Å². The van der Waals surface area contributed by atoms with E-state index in [-0.39, 0.29) is 17.4 Å². The molecule has 172 valence electrons. The van der Waals surface area contributed by atoms with Crippen LogP contribution in [0.4, 0.5) is 5.69 Å². The van der Waals surface area contributed by atoms with Gasteiger partial charge in [-0.15, -0.1) is 10.2 Å². The number of hydrogen-bond acceptors (Lipinski definition) is 7. The molecule has 8 heteroatoms. The first-order chi connectivity index (χ1) is 15.2. The molecule has 0 radical (unpaired) electrons. The standard InChI is InChI=1S/C24H33N5O2S/c1-7-16-8-9-17(10-20(16)28(6)13-14(2)3)29-23(26-27-24(29)32-25)19-11-18(15(4)5)21(30)12-22(19)31/h8-12,14-15,30-31H,7,13,25H2,1-6H3. The van der Waals surface area contributed by atoms with E-state index >= 15 is 0 Å². The summed E-state index contributed by atoms with van der Waals surface area (Å²) in [6.07, 6.45) is 0.919. The molecule has 0 atom stereocenters. The zero-order chi connectivity index (χ0) is 23.6. The molecule has 1 aromatic heterocycles. The lowest BCUT2D eigenvalue weighted by molar-refractivity contribution is 0.444. The summed E-state index contributed by atoms with van der Waals surface area (Å²) in [7, 11) is 2.10. The van der Waals surface area contributed by atoms with E-state index in [1.165, 1.54) is 11.6 Å². The Labute approximate surface area is 194 Å². The van der Waals surface area contributed by atoms with Crippen LogP contribution in [0.5, 0.6) is 11.5 Å². The quantitative estimate of drug-likeness (QED) is 0.407. The van der Waals surface area contributed by atoms with Crippen LogP contribution in [0, 0.1) is 5.92 Å². The smallest absolute Gasteiger partial charge is 0.210 e. The molecule has 2 aromatic carbocycles. The van der Waals surface area contributed by atoms with E-state index < -0.39 is 0 Å². The molecule has 0 aliphatic heterocycles. The molecule has 0 fully saturated rings. The molecule has 4 N–H and O–H groups in total. The number of nitrogens with two attached hydrogens (primary N) is 1. The van der Waals surface area contributed by atoms with Crippen LogP contribution in [0.15, 0.2) is 35.5 Å². The van der Waals surface area contributed by atoms with Gasteiger partial charge in [0, 0.05) is 25.3 Å². The first-order valence-electron chi connectivity index (χ1n) is 10.9. The lowest BCUT2D eigenvalue weighted by Crippen LogP contribution is -2.23. The molecule has 3 rings (SSSR count). The van der Waals surface area contributed by atoms with Gasteiger partial charge in [-0.3, -0.25) is 9.71 Å². The van der Waals surface area contributed by atoms with Gasteiger partial charge >= 0.3 is 0 Å². The first kappa shape index (κ1) is 23.9. The molecule has 3 aromatic rings. The van der Waals surface area contributed by atoms with Crippen molar-refractivity contribution in [1.29, 1.82) is 0 Å². The highest BCUT2D eigenvalue weighted by molar-refractivity contribution is 7.96. The van der Waals surface area contributed by atoms with Crippen LogP contribution in [0.2, 0.25) is 0 Å². The molecule has 0 bridgehead atoms. The van der Waals surface area contributed by atoms with Crippen LogP contribution >= 0.6 is 11.9 Å². The predicted molar refractivity (Wildman–Crippen MR) is 132 cm³/mol. The fourth-order valence-electron chi connectivity index (χ4n) is 3.98. The van der Waals surface area contributed by atoms with E-state index in [4.69, 9.17) is 5.14 Å². The van der Waals surface area contributed by atoms with Gasteiger partial charge in [-0.25, -0.2) is 0 Å².